The highest BCUT2D eigenvalue weighted by atomic mass is 32.2. The lowest BCUT2D eigenvalue weighted by Gasteiger charge is -2.44. The van der Waals surface area contributed by atoms with Gasteiger partial charge in [0.25, 0.3) is 12.0 Å². The number of aromatic nitrogens is 2. The second-order valence-electron chi connectivity index (χ2n) is 11.1. The number of imidazole rings is 1. The van der Waals surface area contributed by atoms with Gasteiger partial charge < -0.3 is 29.7 Å². The number of alkyl carbamates (subject to hydrolysis) is 1. The van der Waals surface area contributed by atoms with Crippen LogP contribution < -0.4 is 9.88 Å². The molecule has 3 atom stereocenters. The lowest BCUT2D eigenvalue weighted by molar-refractivity contribution is -0.729. The molecule has 5 rings (SSSR count). The smallest absolute Gasteiger partial charge is 0.485 e. The Morgan fingerprint density at radius 2 is 1.90 bits per heavy atom. The minimum Gasteiger partial charge on any atom is -0.741 e. The number of nitro groups is 1. The maximum absolute atomic E-state index is 12.6. The highest BCUT2D eigenvalue weighted by molar-refractivity contribution is 7.98. The Morgan fingerprint density at radius 3 is 2.42 bits per heavy atom. The summed E-state index contributed by atoms with van der Waals surface area (Å²) in [6, 6.07) is 5.44. The number of ether oxygens (including phenoxy) is 1. The normalized spacial score (nSPS) is 17.9. The van der Waals surface area contributed by atoms with Gasteiger partial charge >= 0.3 is 17.6 Å². The fraction of sp³-hybridized carbons (Fsp3) is 0.429. The molecular formula is C28H30F3N5O11S3. The van der Waals surface area contributed by atoms with Gasteiger partial charge in [-0.25, -0.2) is 22.6 Å². The minimum absolute atomic E-state index is 0.000352. The van der Waals surface area contributed by atoms with Crippen molar-refractivity contribution in [3.63, 3.8) is 0 Å². The van der Waals surface area contributed by atoms with Crippen molar-refractivity contribution in [1.82, 2.24) is 14.6 Å². The second kappa shape index (κ2) is 14.9. The summed E-state index contributed by atoms with van der Waals surface area (Å²) in [6.07, 6.45) is 3.50. The van der Waals surface area contributed by atoms with Crippen LogP contribution in [0.3, 0.4) is 0 Å². The standard InChI is InChI=1S/C27H29N5O8S2.CHF3O3S/c1-14-22(18-11-19-20(15(2)33)23(34)31(19)21(18)26(35)36)42-25-24(41-3)29(13-30(14)25)10-4-9-28-27(37)40-12-16-5-7-17(8-6-16)32(38)39;2-1(3,4)8(5,6)7/h5-8,13,15,19-20,33H,4,9-12H2,1-3H3,(H-,28,35,36,37);(H,5,6,7)/t15-,19-,20-;/m1./s1. The highest BCUT2D eigenvalue weighted by Crippen LogP contribution is 2.49. The number of thioether (sulfide) groups is 1. The van der Waals surface area contributed by atoms with Gasteiger partial charge in [-0.15, -0.1) is 0 Å². The van der Waals surface area contributed by atoms with E-state index in [2.05, 4.69) is 9.88 Å². The number of amides is 2. The van der Waals surface area contributed by atoms with Crippen molar-refractivity contribution < 1.29 is 65.0 Å². The van der Waals surface area contributed by atoms with Gasteiger partial charge in [-0.2, -0.15) is 17.6 Å². The number of carbonyl (C=O) groups excluding carboxylic acids is 2. The van der Waals surface area contributed by atoms with E-state index in [9.17, 15) is 47.9 Å². The average molecular weight is 766 g/mol. The number of nitro benzene ring substituents is 1. The van der Waals surface area contributed by atoms with Gasteiger partial charge in [0.15, 0.2) is 10.1 Å². The number of aliphatic hydroxyl groups excluding tert-OH is 1. The topological polar surface area (TPSA) is 225 Å². The number of aliphatic carboxylic acids is 1. The first kappa shape index (κ1) is 38.6. The van der Waals surface area contributed by atoms with Gasteiger partial charge in [-0.3, -0.25) is 14.9 Å². The number of carboxylic acid groups (broad SMARTS) is 1. The predicted octanol–water partition coefficient (Wildman–Crippen LogP) is 3.00. The summed E-state index contributed by atoms with van der Waals surface area (Å²) in [5.74, 6) is -2.10. The van der Waals surface area contributed by atoms with Crippen LogP contribution in [0.5, 0.6) is 0 Å². The van der Waals surface area contributed by atoms with Gasteiger partial charge in [0.2, 0.25) is 15.8 Å². The third-order valence-electron chi connectivity index (χ3n) is 7.85. The number of nitrogens with one attached hydrogen (secondary N) is 1. The molecule has 272 valence electrons. The quantitative estimate of drug-likeness (QED) is 0.0375. The molecule has 1 saturated heterocycles. The Hall–Kier alpha value is -4.25. The molecule has 0 saturated carbocycles. The summed E-state index contributed by atoms with van der Waals surface area (Å²) in [5.41, 5.74) is -3.55. The van der Waals surface area contributed by atoms with E-state index in [1.165, 1.54) is 40.5 Å². The van der Waals surface area contributed by atoms with Crippen LogP contribution in [0.2, 0.25) is 0 Å². The number of hydrogen-bond acceptors (Lipinski definition) is 12. The molecule has 3 N–H and O–H groups in total. The van der Waals surface area contributed by atoms with E-state index < -0.39 is 44.6 Å². The van der Waals surface area contributed by atoms with Crippen LogP contribution in [0, 0.1) is 23.0 Å². The number of nitrogens with zero attached hydrogens (tertiary/aromatic N) is 4. The van der Waals surface area contributed by atoms with Crippen LogP contribution in [0.1, 0.15) is 35.9 Å². The van der Waals surface area contributed by atoms with E-state index in [0.717, 1.165) is 20.4 Å². The summed E-state index contributed by atoms with van der Waals surface area (Å²) in [7, 11) is -6.09. The second-order valence-corrected chi connectivity index (χ2v) is 14.2. The third kappa shape index (κ3) is 7.88. The molecule has 50 heavy (non-hydrogen) atoms. The Balaban J connectivity index is 0.000000627. The maximum atomic E-state index is 12.6. The Labute approximate surface area is 290 Å². The molecule has 0 bridgehead atoms. The number of non-ortho nitro benzene ring substituents is 1. The molecule has 0 radical (unpaired) electrons. The number of hydrogen-bond donors (Lipinski definition) is 3. The number of carbonyl (C=O) groups is 3. The summed E-state index contributed by atoms with van der Waals surface area (Å²) < 4.78 is 68.2. The van der Waals surface area contributed by atoms with Crippen molar-refractivity contribution in [3.05, 3.63) is 62.5 Å². The number of benzene rings is 1. The molecule has 16 nitrogen and oxygen atoms in total. The zero-order chi connectivity index (χ0) is 37.3. The summed E-state index contributed by atoms with van der Waals surface area (Å²) in [4.78, 5) is 50.3. The number of rotatable bonds is 11. The van der Waals surface area contributed by atoms with E-state index in [4.69, 9.17) is 17.7 Å². The number of halogens is 3. The van der Waals surface area contributed by atoms with E-state index in [-0.39, 0.29) is 29.9 Å². The Morgan fingerprint density at radius 1 is 1.28 bits per heavy atom. The molecule has 2 aromatic heterocycles. The molecule has 1 aromatic carbocycles. The van der Waals surface area contributed by atoms with Crippen molar-refractivity contribution in [1.29, 1.82) is 0 Å². The zero-order valence-corrected chi connectivity index (χ0v) is 28.8. The Bertz CT molecular complexity index is 1960. The van der Waals surface area contributed by atoms with Crippen molar-refractivity contribution in [2.75, 3.05) is 12.8 Å². The monoisotopic (exact) mass is 765 g/mol. The first-order valence-electron chi connectivity index (χ1n) is 14.5. The number of carboxylic acids is 1. The minimum atomic E-state index is -6.09. The molecule has 1 fully saturated rings. The first-order valence-corrected chi connectivity index (χ1v) is 17.9. The summed E-state index contributed by atoms with van der Waals surface area (Å²) >= 11 is 3.04. The average Bonchev–Trinajstić information content (AvgIpc) is 3.65. The molecule has 0 spiro atoms. The molecule has 2 aliphatic rings. The van der Waals surface area contributed by atoms with E-state index in [1.807, 2.05) is 23.9 Å². The van der Waals surface area contributed by atoms with Gasteiger partial charge in [0, 0.05) is 30.7 Å². The molecule has 2 amide bonds. The number of thiazole rings is 1. The molecule has 4 heterocycles. The third-order valence-corrected chi connectivity index (χ3v) is 10.7. The molecular weight excluding hydrogens is 736 g/mol. The van der Waals surface area contributed by atoms with Crippen LogP contribution in [-0.2, 0) is 37.6 Å². The first-order chi connectivity index (χ1) is 23.3. The number of β-lactam (4-membered cyclic amide) rings is 1. The largest absolute Gasteiger partial charge is 0.741 e. The van der Waals surface area contributed by atoms with E-state index >= 15 is 0 Å². The molecule has 2 aliphatic heterocycles. The predicted molar refractivity (Wildman–Crippen MR) is 169 cm³/mol. The van der Waals surface area contributed by atoms with Gasteiger partial charge in [0.1, 0.15) is 18.0 Å². The summed E-state index contributed by atoms with van der Waals surface area (Å²) in [5, 5.41) is 34.5. The van der Waals surface area contributed by atoms with Crippen LogP contribution in [0.15, 0.2) is 41.3 Å². The van der Waals surface area contributed by atoms with Crippen molar-refractivity contribution in [2.24, 2.45) is 5.92 Å². The molecule has 3 aromatic rings. The lowest BCUT2D eigenvalue weighted by Crippen LogP contribution is -2.61. The molecule has 22 heteroatoms. The number of aryl methyl sites for hydroxylation is 2. The number of aliphatic hydroxyl groups is 1. The summed E-state index contributed by atoms with van der Waals surface area (Å²) in [6.45, 7) is 4.47. The fourth-order valence-electron chi connectivity index (χ4n) is 5.55. The Kier molecular flexibility index (Phi) is 11.5. The van der Waals surface area contributed by atoms with Crippen LogP contribution >= 0.6 is 23.1 Å². The van der Waals surface area contributed by atoms with Gasteiger partial charge in [-0.1, -0.05) is 23.1 Å². The van der Waals surface area contributed by atoms with Crippen LogP contribution in [-0.4, -0.2) is 85.8 Å². The lowest BCUT2D eigenvalue weighted by atomic mass is 9.83. The van der Waals surface area contributed by atoms with Crippen molar-refractivity contribution in [2.45, 2.75) is 62.5 Å². The highest BCUT2D eigenvalue weighted by Gasteiger charge is 2.57. The zero-order valence-electron chi connectivity index (χ0n) is 26.4. The van der Waals surface area contributed by atoms with Gasteiger partial charge in [-0.05, 0) is 44.2 Å². The van der Waals surface area contributed by atoms with Crippen molar-refractivity contribution in [3.8, 4) is 0 Å². The maximum Gasteiger partial charge on any atom is 0.485 e. The fourth-order valence-corrected chi connectivity index (χ4v) is 7.80. The molecule has 0 unspecified atom stereocenters. The van der Waals surface area contributed by atoms with E-state index in [1.54, 1.807) is 18.7 Å². The van der Waals surface area contributed by atoms with Gasteiger partial charge in [0.05, 0.1) is 34.4 Å². The SMILES string of the molecule is CSc1c2sc(C3=C(C(=O)O)N4C(=O)[C@H]([C@@H](C)O)[C@H]4C3)c(C)n2c[n+]1CCCNC(=O)OCc1ccc([N+](=O)[O-])cc1.O=S(=O)([O-])C(F)(F)F. The number of alkyl halides is 3. The van der Waals surface area contributed by atoms with E-state index in [0.29, 0.717) is 37.1 Å². The number of fused-ring (bicyclic) bond motifs is 2. The molecule has 0 aliphatic carbocycles. The van der Waals surface area contributed by atoms with Crippen molar-refractivity contribution >= 4 is 67.3 Å². The van der Waals surface area contributed by atoms with Crippen LogP contribution in [0.4, 0.5) is 23.7 Å². The van der Waals surface area contributed by atoms with Crippen LogP contribution in [0.25, 0.3) is 10.4 Å².